The van der Waals surface area contributed by atoms with Crippen molar-refractivity contribution in [1.82, 2.24) is 4.98 Å². The Morgan fingerprint density at radius 1 is 1.38 bits per heavy atom. The van der Waals surface area contributed by atoms with Gasteiger partial charge in [-0.05, 0) is 18.6 Å². The second-order valence-electron chi connectivity index (χ2n) is 3.44. The van der Waals surface area contributed by atoms with Gasteiger partial charge in [0.15, 0.2) is 0 Å². The molecule has 16 heavy (non-hydrogen) atoms. The highest BCUT2D eigenvalue weighted by Gasteiger charge is 2.03. The molecule has 4 heteroatoms. The molecule has 0 radical (unpaired) electrons. The first-order chi connectivity index (χ1) is 7.79. The SMILES string of the molecule is Cc1ccccc1SCc1nc(CO)cs1. The second-order valence-corrected chi connectivity index (χ2v) is 5.40. The van der Waals surface area contributed by atoms with Gasteiger partial charge >= 0.3 is 0 Å². The van der Waals surface area contributed by atoms with Gasteiger partial charge in [-0.1, -0.05) is 18.2 Å². The Bertz CT molecular complexity index is 468. The Hall–Kier alpha value is -0.840. The minimum Gasteiger partial charge on any atom is -0.390 e. The van der Waals surface area contributed by atoms with E-state index >= 15 is 0 Å². The number of thiazole rings is 1. The molecule has 84 valence electrons. The van der Waals surface area contributed by atoms with Crippen LogP contribution >= 0.6 is 23.1 Å². The number of hydrogen-bond acceptors (Lipinski definition) is 4. The van der Waals surface area contributed by atoms with Gasteiger partial charge in [0.05, 0.1) is 18.1 Å². The first kappa shape index (κ1) is 11.6. The maximum atomic E-state index is 8.92. The smallest absolute Gasteiger partial charge is 0.103 e. The Morgan fingerprint density at radius 2 is 2.19 bits per heavy atom. The summed E-state index contributed by atoms with van der Waals surface area (Å²) < 4.78 is 0. The van der Waals surface area contributed by atoms with E-state index in [2.05, 4.69) is 30.1 Å². The molecule has 0 spiro atoms. The fourth-order valence-electron chi connectivity index (χ4n) is 1.35. The van der Waals surface area contributed by atoms with Crippen molar-refractivity contribution >= 4 is 23.1 Å². The van der Waals surface area contributed by atoms with E-state index in [1.54, 1.807) is 23.1 Å². The minimum absolute atomic E-state index is 0.0333. The highest BCUT2D eigenvalue weighted by molar-refractivity contribution is 7.98. The lowest BCUT2D eigenvalue weighted by atomic mass is 10.2. The molecular formula is C12H13NOS2. The molecule has 1 heterocycles. The first-order valence-electron chi connectivity index (χ1n) is 5.02. The van der Waals surface area contributed by atoms with Gasteiger partial charge < -0.3 is 5.11 Å². The van der Waals surface area contributed by atoms with Crippen molar-refractivity contribution in [2.45, 2.75) is 24.2 Å². The van der Waals surface area contributed by atoms with E-state index in [1.807, 2.05) is 11.4 Å². The zero-order chi connectivity index (χ0) is 11.4. The van der Waals surface area contributed by atoms with Crippen molar-refractivity contribution in [3.05, 3.63) is 45.9 Å². The number of benzene rings is 1. The van der Waals surface area contributed by atoms with E-state index in [0.29, 0.717) is 0 Å². The molecule has 0 atom stereocenters. The van der Waals surface area contributed by atoms with Crippen molar-refractivity contribution < 1.29 is 5.11 Å². The zero-order valence-electron chi connectivity index (χ0n) is 9.01. The number of aromatic nitrogens is 1. The third kappa shape index (κ3) is 2.84. The van der Waals surface area contributed by atoms with Crippen LogP contribution in [0.2, 0.25) is 0 Å². The van der Waals surface area contributed by atoms with Crippen LogP contribution < -0.4 is 0 Å². The molecule has 0 unspecified atom stereocenters. The van der Waals surface area contributed by atoms with Gasteiger partial charge in [0, 0.05) is 10.3 Å². The summed E-state index contributed by atoms with van der Waals surface area (Å²) in [5.41, 5.74) is 2.07. The number of aliphatic hydroxyl groups is 1. The lowest BCUT2D eigenvalue weighted by Crippen LogP contribution is -1.85. The van der Waals surface area contributed by atoms with Gasteiger partial charge in [-0.2, -0.15) is 0 Å². The van der Waals surface area contributed by atoms with Gasteiger partial charge in [-0.25, -0.2) is 4.98 Å². The Kier molecular flexibility index (Phi) is 3.98. The van der Waals surface area contributed by atoms with E-state index in [1.165, 1.54) is 10.5 Å². The minimum atomic E-state index is 0.0333. The molecule has 0 aliphatic rings. The van der Waals surface area contributed by atoms with Crippen molar-refractivity contribution in [2.75, 3.05) is 0 Å². The zero-order valence-corrected chi connectivity index (χ0v) is 10.6. The number of nitrogens with zero attached hydrogens (tertiary/aromatic N) is 1. The van der Waals surface area contributed by atoms with Gasteiger partial charge in [0.1, 0.15) is 5.01 Å². The largest absolute Gasteiger partial charge is 0.390 e. The van der Waals surface area contributed by atoms with Crippen LogP contribution in [0.4, 0.5) is 0 Å². The van der Waals surface area contributed by atoms with Crippen LogP contribution in [0.3, 0.4) is 0 Å². The molecular weight excluding hydrogens is 238 g/mol. The average molecular weight is 251 g/mol. The van der Waals surface area contributed by atoms with E-state index in [-0.39, 0.29) is 6.61 Å². The van der Waals surface area contributed by atoms with Crippen molar-refractivity contribution in [1.29, 1.82) is 0 Å². The molecule has 0 saturated heterocycles. The van der Waals surface area contributed by atoms with Crippen LogP contribution in [0, 0.1) is 6.92 Å². The summed E-state index contributed by atoms with van der Waals surface area (Å²) in [6.07, 6.45) is 0. The Balaban J connectivity index is 1.99. The quantitative estimate of drug-likeness (QED) is 0.847. The standard InChI is InChI=1S/C12H13NOS2/c1-9-4-2-3-5-11(9)15-8-12-13-10(6-14)7-16-12/h2-5,7,14H,6,8H2,1H3. The normalized spacial score (nSPS) is 10.6. The third-order valence-electron chi connectivity index (χ3n) is 2.21. The maximum absolute atomic E-state index is 8.92. The molecule has 0 fully saturated rings. The number of rotatable bonds is 4. The fraction of sp³-hybridized carbons (Fsp3) is 0.250. The molecule has 2 rings (SSSR count). The van der Waals surface area contributed by atoms with Crippen molar-refractivity contribution in [3.8, 4) is 0 Å². The van der Waals surface area contributed by atoms with E-state index in [4.69, 9.17) is 5.11 Å². The molecule has 1 N–H and O–H groups in total. The highest BCUT2D eigenvalue weighted by Crippen LogP contribution is 2.26. The van der Waals surface area contributed by atoms with Gasteiger partial charge in [0.2, 0.25) is 0 Å². The Labute approximate surface area is 103 Å². The van der Waals surface area contributed by atoms with Gasteiger partial charge in [-0.15, -0.1) is 23.1 Å². The van der Waals surface area contributed by atoms with E-state index in [9.17, 15) is 0 Å². The maximum Gasteiger partial charge on any atom is 0.103 e. The third-order valence-corrected chi connectivity index (χ3v) is 4.47. The van der Waals surface area contributed by atoms with Crippen LogP contribution in [-0.4, -0.2) is 10.1 Å². The van der Waals surface area contributed by atoms with Crippen LogP contribution in [0.1, 0.15) is 16.3 Å². The monoisotopic (exact) mass is 251 g/mol. The summed E-state index contributed by atoms with van der Waals surface area (Å²) in [6, 6.07) is 8.34. The van der Waals surface area contributed by atoms with E-state index < -0.39 is 0 Å². The van der Waals surface area contributed by atoms with Gasteiger partial charge in [-0.3, -0.25) is 0 Å². The Morgan fingerprint density at radius 3 is 2.88 bits per heavy atom. The molecule has 0 saturated carbocycles. The van der Waals surface area contributed by atoms with Crippen LogP contribution in [0.25, 0.3) is 0 Å². The molecule has 2 nitrogen and oxygen atoms in total. The molecule has 1 aromatic carbocycles. The molecule has 0 bridgehead atoms. The average Bonchev–Trinajstić information content (AvgIpc) is 2.76. The lowest BCUT2D eigenvalue weighted by Gasteiger charge is -2.02. The van der Waals surface area contributed by atoms with Crippen LogP contribution in [-0.2, 0) is 12.4 Å². The highest BCUT2D eigenvalue weighted by atomic mass is 32.2. The lowest BCUT2D eigenvalue weighted by molar-refractivity contribution is 0.277. The predicted octanol–water partition coefficient (Wildman–Crippen LogP) is 3.24. The first-order valence-corrected chi connectivity index (χ1v) is 6.88. The number of aryl methyl sites for hydroxylation is 1. The second kappa shape index (κ2) is 5.48. The molecule has 0 aliphatic carbocycles. The van der Waals surface area contributed by atoms with Crippen LogP contribution in [0.15, 0.2) is 34.5 Å². The summed E-state index contributed by atoms with van der Waals surface area (Å²) in [5, 5.41) is 11.9. The summed E-state index contributed by atoms with van der Waals surface area (Å²) in [5.74, 6) is 0.871. The van der Waals surface area contributed by atoms with Crippen molar-refractivity contribution in [2.24, 2.45) is 0 Å². The summed E-state index contributed by atoms with van der Waals surface area (Å²) in [6.45, 7) is 2.15. The fourth-order valence-corrected chi connectivity index (χ4v) is 3.18. The topological polar surface area (TPSA) is 33.1 Å². The number of aliphatic hydroxyl groups excluding tert-OH is 1. The van der Waals surface area contributed by atoms with Crippen LogP contribution in [0.5, 0.6) is 0 Å². The molecule has 2 aromatic rings. The number of thioether (sulfide) groups is 1. The van der Waals surface area contributed by atoms with Gasteiger partial charge in [0.25, 0.3) is 0 Å². The molecule has 0 amide bonds. The molecule has 0 aliphatic heterocycles. The summed E-state index contributed by atoms with van der Waals surface area (Å²) >= 11 is 3.40. The summed E-state index contributed by atoms with van der Waals surface area (Å²) in [4.78, 5) is 5.62. The molecule has 1 aromatic heterocycles. The predicted molar refractivity (Wildman–Crippen MR) is 68.8 cm³/mol. The summed E-state index contributed by atoms with van der Waals surface area (Å²) in [7, 11) is 0. The number of hydrogen-bond donors (Lipinski definition) is 1. The van der Waals surface area contributed by atoms with E-state index in [0.717, 1.165) is 16.5 Å². The van der Waals surface area contributed by atoms with Crippen molar-refractivity contribution in [3.63, 3.8) is 0 Å².